The van der Waals surface area contributed by atoms with E-state index in [0.29, 0.717) is 30.6 Å². The Morgan fingerprint density at radius 1 is 1.31 bits per heavy atom. The lowest BCUT2D eigenvalue weighted by atomic mass is 9.96. The lowest BCUT2D eigenvalue weighted by Gasteiger charge is -2.24. The van der Waals surface area contributed by atoms with E-state index in [0.717, 1.165) is 10.5 Å². The van der Waals surface area contributed by atoms with E-state index in [4.69, 9.17) is 9.47 Å². The Morgan fingerprint density at radius 3 is 2.66 bits per heavy atom. The van der Waals surface area contributed by atoms with Crippen LogP contribution in [0.4, 0.5) is 0 Å². The van der Waals surface area contributed by atoms with Crippen LogP contribution in [0, 0.1) is 0 Å². The van der Waals surface area contributed by atoms with E-state index in [9.17, 15) is 14.7 Å². The van der Waals surface area contributed by atoms with E-state index in [1.54, 1.807) is 43.8 Å². The molecular formula is C25H23BrN2O5S2. The average Bonchev–Trinajstić information content (AvgIpc) is 3.14. The Kier molecular flexibility index (Phi) is 7.53. The van der Waals surface area contributed by atoms with Crippen molar-refractivity contribution in [1.82, 2.24) is 4.57 Å². The third-order valence-electron chi connectivity index (χ3n) is 5.52. The third kappa shape index (κ3) is 4.82. The van der Waals surface area contributed by atoms with Crippen LogP contribution in [-0.2, 0) is 9.53 Å². The van der Waals surface area contributed by atoms with E-state index < -0.39 is 12.0 Å². The number of carbonyl (C=O) groups is 1. The Hall–Kier alpha value is -2.82. The highest BCUT2D eigenvalue weighted by Gasteiger charge is 2.33. The molecule has 0 fully saturated rings. The van der Waals surface area contributed by atoms with E-state index in [-0.39, 0.29) is 23.7 Å². The predicted octanol–water partition coefficient (Wildman–Crippen LogP) is 4.00. The van der Waals surface area contributed by atoms with Crippen LogP contribution < -0.4 is 19.6 Å². The number of benzene rings is 2. The highest BCUT2D eigenvalue weighted by Crippen LogP contribution is 2.34. The molecule has 2 aromatic carbocycles. The van der Waals surface area contributed by atoms with Crippen LogP contribution in [-0.4, -0.2) is 35.6 Å². The number of aromatic nitrogens is 1. The van der Waals surface area contributed by atoms with Gasteiger partial charge < -0.3 is 14.6 Å². The Balaban J connectivity index is 1.96. The highest BCUT2D eigenvalue weighted by molar-refractivity contribution is 9.10. The maximum absolute atomic E-state index is 13.7. The number of phenols is 1. The molecule has 0 amide bonds. The molecule has 0 radical (unpaired) electrons. The number of nitrogens with zero attached hydrogens (tertiary/aromatic N) is 2. The number of aromatic hydroxyl groups is 1. The number of allylic oxidation sites excluding steroid dienone is 1. The van der Waals surface area contributed by atoms with Crippen molar-refractivity contribution in [3.8, 4) is 11.5 Å². The normalized spacial score (nSPS) is 15.6. The summed E-state index contributed by atoms with van der Waals surface area (Å²) in [6.07, 6.45) is 3.59. The van der Waals surface area contributed by atoms with Gasteiger partial charge in [-0.25, -0.2) is 9.79 Å². The predicted molar refractivity (Wildman–Crippen MR) is 141 cm³/mol. The van der Waals surface area contributed by atoms with Gasteiger partial charge in [-0.1, -0.05) is 39.4 Å². The fraction of sp³-hybridized carbons (Fsp3) is 0.240. The first-order valence-electron chi connectivity index (χ1n) is 10.7. The number of ether oxygens (including phenoxy) is 2. The zero-order valence-corrected chi connectivity index (χ0v) is 22.7. The van der Waals surface area contributed by atoms with Gasteiger partial charge in [0.15, 0.2) is 16.3 Å². The molecular weight excluding hydrogens is 552 g/mol. The second-order valence-corrected chi connectivity index (χ2v) is 10.4. The van der Waals surface area contributed by atoms with Crippen LogP contribution in [0.2, 0.25) is 0 Å². The number of thiazole rings is 1. The number of hydrogen-bond donors (Lipinski definition) is 1. The molecule has 0 saturated carbocycles. The summed E-state index contributed by atoms with van der Waals surface area (Å²) >= 11 is 6.21. The largest absolute Gasteiger partial charge is 0.504 e. The quantitative estimate of drug-likeness (QED) is 0.353. The highest BCUT2D eigenvalue weighted by atomic mass is 79.9. The van der Waals surface area contributed by atoms with Crippen molar-refractivity contribution in [2.45, 2.75) is 24.8 Å². The van der Waals surface area contributed by atoms with Crippen LogP contribution in [0.5, 0.6) is 11.5 Å². The molecule has 1 aliphatic heterocycles. The van der Waals surface area contributed by atoms with E-state index in [1.807, 2.05) is 30.5 Å². The maximum atomic E-state index is 13.7. The van der Waals surface area contributed by atoms with E-state index in [2.05, 4.69) is 20.9 Å². The van der Waals surface area contributed by atoms with Gasteiger partial charge in [-0.2, -0.15) is 0 Å². The van der Waals surface area contributed by atoms with Gasteiger partial charge in [0, 0.05) is 14.9 Å². The number of rotatable bonds is 6. The second kappa shape index (κ2) is 10.4. The van der Waals surface area contributed by atoms with Gasteiger partial charge in [0.2, 0.25) is 0 Å². The van der Waals surface area contributed by atoms with Crippen LogP contribution in [0.3, 0.4) is 0 Å². The van der Waals surface area contributed by atoms with Gasteiger partial charge in [-0.15, -0.1) is 11.8 Å². The SMILES string of the molecule is CCOC(=O)C1=C(C)N=c2s/c(=C\c3cc(Br)cc(OC)c3O)c(=O)n2[C@@H]1c1ccc(SC)cc1. The Morgan fingerprint density at radius 2 is 2.03 bits per heavy atom. The van der Waals surface area contributed by atoms with Crippen molar-refractivity contribution in [3.05, 3.63) is 83.0 Å². The molecule has 1 N–H and O–H groups in total. The zero-order valence-electron chi connectivity index (χ0n) is 19.5. The summed E-state index contributed by atoms with van der Waals surface area (Å²) in [5.41, 5.74) is 1.71. The lowest BCUT2D eigenvalue weighted by molar-refractivity contribution is -0.139. The fourth-order valence-corrected chi connectivity index (χ4v) is 5.79. The first-order chi connectivity index (χ1) is 16.8. The molecule has 0 saturated heterocycles. The van der Waals surface area contributed by atoms with Crippen molar-refractivity contribution in [2.24, 2.45) is 4.99 Å². The molecule has 7 nitrogen and oxygen atoms in total. The van der Waals surface area contributed by atoms with Crippen molar-refractivity contribution >= 4 is 51.1 Å². The standard InChI is InChI=1S/C25H23BrN2O5S2/c1-5-33-24(31)20-13(2)27-25-28(21(20)14-6-8-17(34-4)9-7-14)23(30)19(35-25)11-15-10-16(26)12-18(32-3)22(15)29/h6-12,21,29H,5H2,1-4H3/b19-11-/t21-/m1/s1. The third-order valence-corrected chi connectivity index (χ3v) is 7.71. The zero-order chi connectivity index (χ0) is 25.3. The molecule has 35 heavy (non-hydrogen) atoms. The monoisotopic (exact) mass is 574 g/mol. The summed E-state index contributed by atoms with van der Waals surface area (Å²) in [7, 11) is 1.46. The van der Waals surface area contributed by atoms with Gasteiger partial charge in [-0.3, -0.25) is 9.36 Å². The minimum Gasteiger partial charge on any atom is -0.504 e. The second-order valence-electron chi connectivity index (χ2n) is 7.62. The van der Waals surface area contributed by atoms with Gasteiger partial charge in [0.25, 0.3) is 5.56 Å². The summed E-state index contributed by atoms with van der Waals surface area (Å²) in [5.74, 6) is -0.295. The number of methoxy groups -OCH3 is 1. The van der Waals surface area contributed by atoms with Crippen molar-refractivity contribution in [1.29, 1.82) is 0 Å². The number of phenolic OH excluding ortho intramolecular Hbond substituents is 1. The van der Waals surface area contributed by atoms with Gasteiger partial charge >= 0.3 is 5.97 Å². The summed E-state index contributed by atoms with van der Waals surface area (Å²) in [5, 5.41) is 10.6. The number of halogens is 1. The van der Waals surface area contributed by atoms with E-state index >= 15 is 0 Å². The Bertz CT molecular complexity index is 1510. The van der Waals surface area contributed by atoms with Crippen molar-refractivity contribution in [2.75, 3.05) is 20.0 Å². The molecule has 0 bridgehead atoms. The minimum absolute atomic E-state index is 0.0749. The van der Waals surface area contributed by atoms with Crippen LogP contribution in [0.1, 0.15) is 31.0 Å². The first-order valence-corrected chi connectivity index (χ1v) is 13.5. The van der Waals surface area contributed by atoms with Gasteiger partial charge in [-0.05, 0) is 56.0 Å². The first kappa shape index (κ1) is 25.3. The number of esters is 1. The number of fused-ring (bicyclic) bond motifs is 1. The van der Waals surface area contributed by atoms with E-state index in [1.165, 1.54) is 23.0 Å². The van der Waals surface area contributed by atoms with Crippen LogP contribution in [0.15, 0.2) is 66.8 Å². The molecule has 3 aromatic rings. The van der Waals surface area contributed by atoms with Crippen LogP contribution >= 0.6 is 39.0 Å². The molecule has 1 atom stereocenters. The molecule has 182 valence electrons. The summed E-state index contributed by atoms with van der Waals surface area (Å²) in [4.78, 5) is 32.8. The van der Waals surface area contributed by atoms with Gasteiger partial charge in [0.1, 0.15) is 0 Å². The molecule has 0 spiro atoms. The summed E-state index contributed by atoms with van der Waals surface area (Å²) in [6, 6.07) is 10.4. The molecule has 0 unspecified atom stereocenters. The minimum atomic E-state index is -0.686. The molecule has 4 rings (SSSR count). The summed E-state index contributed by atoms with van der Waals surface area (Å²) < 4.78 is 13.1. The topological polar surface area (TPSA) is 90.1 Å². The number of thioether (sulfide) groups is 1. The molecule has 2 heterocycles. The molecule has 0 aliphatic carbocycles. The van der Waals surface area contributed by atoms with Crippen molar-refractivity contribution < 1.29 is 19.4 Å². The van der Waals surface area contributed by atoms with Gasteiger partial charge in [0.05, 0.1) is 35.6 Å². The lowest BCUT2D eigenvalue weighted by Crippen LogP contribution is -2.39. The molecule has 1 aromatic heterocycles. The number of hydrogen-bond acceptors (Lipinski definition) is 8. The van der Waals surface area contributed by atoms with Crippen LogP contribution in [0.25, 0.3) is 6.08 Å². The molecule has 10 heteroatoms. The fourth-order valence-electron chi connectivity index (χ4n) is 3.89. The van der Waals surface area contributed by atoms with Crippen molar-refractivity contribution in [3.63, 3.8) is 0 Å². The average molecular weight is 576 g/mol. The Labute approximate surface area is 218 Å². The number of carbonyl (C=O) groups excluding carboxylic acids is 1. The smallest absolute Gasteiger partial charge is 0.338 e. The summed E-state index contributed by atoms with van der Waals surface area (Å²) in [6.45, 7) is 3.70. The maximum Gasteiger partial charge on any atom is 0.338 e. The molecule has 1 aliphatic rings.